The molecule has 1 spiro atoms. The molecule has 3 rings (SSSR count). The number of rotatable bonds is 9. The van der Waals surface area contributed by atoms with E-state index in [0.717, 1.165) is 12.8 Å². The highest BCUT2D eigenvalue weighted by Gasteiger charge is 2.72. The normalized spacial score (nSPS) is 38.1. The van der Waals surface area contributed by atoms with Crippen molar-refractivity contribution in [1.82, 2.24) is 5.32 Å². The van der Waals surface area contributed by atoms with Crippen molar-refractivity contribution >= 4 is 12.0 Å². The highest BCUT2D eigenvalue weighted by Crippen LogP contribution is 2.59. The number of hydrogen-bond donors (Lipinski definition) is 3. The average molecular weight is 443 g/mol. The van der Waals surface area contributed by atoms with Crippen molar-refractivity contribution in [2.24, 2.45) is 17.6 Å². The molecule has 2 heterocycles. The summed E-state index contributed by atoms with van der Waals surface area (Å²) in [7, 11) is 1.60. The minimum atomic E-state index is -0.804. The van der Waals surface area contributed by atoms with E-state index in [9.17, 15) is 14.7 Å². The summed E-state index contributed by atoms with van der Waals surface area (Å²) in [5.41, 5.74) is 3.83. The average Bonchev–Trinajstić information content (AvgIpc) is 3.56. The standard InChI is InChI=1S/C22H38N2O7/c1-12(2)15(18(23)25)24-19(26)30-13-7-10-22(11-29-22)17(16(13)28-6)21(5)14(31-21)8-9-20(3,4)27/h12-17,27H,7-11H2,1-6H3,(H2,23,25)(H,24,26)/t13-,14-,15-,16-,17-,21+,22?/m1/s1. The van der Waals surface area contributed by atoms with Crippen LogP contribution in [0.25, 0.3) is 0 Å². The van der Waals surface area contributed by atoms with E-state index in [1.807, 2.05) is 6.92 Å². The number of aliphatic hydroxyl groups is 1. The second-order valence-electron chi connectivity index (χ2n) is 10.4. The monoisotopic (exact) mass is 442 g/mol. The van der Waals surface area contributed by atoms with Gasteiger partial charge in [-0.3, -0.25) is 4.79 Å². The number of amides is 2. The molecule has 2 aliphatic heterocycles. The van der Waals surface area contributed by atoms with Crippen LogP contribution in [0.15, 0.2) is 0 Å². The third kappa shape index (κ3) is 5.16. The van der Waals surface area contributed by atoms with Gasteiger partial charge in [0.15, 0.2) is 0 Å². The number of carbonyl (C=O) groups is 2. The molecule has 0 aromatic carbocycles. The first kappa shape index (κ1) is 24.2. The quantitative estimate of drug-likeness (QED) is 0.460. The Labute approximate surface area is 184 Å². The summed E-state index contributed by atoms with van der Waals surface area (Å²) in [6.07, 6.45) is 1.06. The van der Waals surface area contributed by atoms with Crippen molar-refractivity contribution < 1.29 is 33.6 Å². The van der Waals surface area contributed by atoms with Gasteiger partial charge in [0, 0.05) is 7.11 Å². The lowest BCUT2D eigenvalue weighted by atomic mass is 9.68. The minimum absolute atomic E-state index is 0.0181. The first-order chi connectivity index (χ1) is 14.3. The van der Waals surface area contributed by atoms with Gasteiger partial charge in [0.2, 0.25) is 5.91 Å². The van der Waals surface area contributed by atoms with Gasteiger partial charge in [-0.1, -0.05) is 13.8 Å². The zero-order valence-electron chi connectivity index (χ0n) is 19.5. The highest BCUT2D eigenvalue weighted by molar-refractivity contribution is 5.84. The molecular weight excluding hydrogens is 404 g/mol. The molecule has 1 aliphatic carbocycles. The Balaban J connectivity index is 1.69. The molecule has 0 aromatic heterocycles. The zero-order chi connectivity index (χ0) is 23.2. The summed E-state index contributed by atoms with van der Waals surface area (Å²) < 4.78 is 23.6. The van der Waals surface area contributed by atoms with E-state index in [1.165, 1.54) is 0 Å². The molecule has 3 fully saturated rings. The molecule has 4 N–H and O–H groups in total. The van der Waals surface area contributed by atoms with E-state index in [2.05, 4.69) is 5.32 Å². The van der Waals surface area contributed by atoms with Crippen LogP contribution in [0.1, 0.15) is 60.3 Å². The molecule has 9 heteroatoms. The van der Waals surface area contributed by atoms with Crippen LogP contribution in [-0.4, -0.2) is 72.0 Å². The molecule has 31 heavy (non-hydrogen) atoms. The lowest BCUT2D eigenvalue weighted by molar-refractivity contribution is -0.123. The van der Waals surface area contributed by atoms with Gasteiger partial charge in [0.05, 0.1) is 24.2 Å². The van der Waals surface area contributed by atoms with Crippen LogP contribution < -0.4 is 11.1 Å². The fourth-order valence-corrected chi connectivity index (χ4v) is 5.14. The second kappa shape index (κ2) is 8.50. The van der Waals surface area contributed by atoms with Gasteiger partial charge in [-0.25, -0.2) is 4.79 Å². The van der Waals surface area contributed by atoms with Gasteiger partial charge in [-0.15, -0.1) is 0 Å². The molecule has 1 unspecified atom stereocenters. The molecule has 0 aromatic rings. The summed E-state index contributed by atoms with van der Waals surface area (Å²) in [6.45, 7) is 9.86. The number of nitrogens with one attached hydrogen (secondary N) is 1. The number of methoxy groups -OCH3 is 1. The number of epoxide rings is 2. The number of primary amides is 1. The van der Waals surface area contributed by atoms with Gasteiger partial charge in [-0.2, -0.15) is 0 Å². The Kier molecular flexibility index (Phi) is 6.64. The van der Waals surface area contributed by atoms with Gasteiger partial charge in [0.1, 0.15) is 29.5 Å². The van der Waals surface area contributed by atoms with Crippen molar-refractivity contribution in [2.45, 2.75) is 101 Å². The Bertz CT molecular complexity index is 688. The van der Waals surface area contributed by atoms with Crippen molar-refractivity contribution in [3.63, 3.8) is 0 Å². The first-order valence-corrected chi connectivity index (χ1v) is 11.2. The Hall–Kier alpha value is -1.42. The van der Waals surface area contributed by atoms with Gasteiger partial charge in [-0.05, 0) is 52.4 Å². The van der Waals surface area contributed by atoms with Crippen LogP contribution in [0.4, 0.5) is 4.79 Å². The summed E-state index contributed by atoms with van der Waals surface area (Å²) in [4.78, 5) is 24.2. The van der Waals surface area contributed by atoms with Gasteiger partial charge >= 0.3 is 6.09 Å². The maximum absolute atomic E-state index is 12.5. The third-order valence-electron chi connectivity index (χ3n) is 7.02. The smallest absolute Gasteiger partial charge is 0.408 e. The molecule has 7 atom stereocenters. The Morgan fingerprint density at radius 1 is 1.35 bits per heavy atom. The number of carbonyl (C=O) groups excluding carboxylic acids is 2. The van der Waals surface area contributed by atoms with Crippen LogP contribution in [0.2, 0.25) is 0 Å². The number of nitrogens with two attached hydrogens (primary N) is 1. The van der Waals surface area contributed by atoms with Crippen molar-refractivity contribution in [2.75, 3.05) is 13.7 Å². The van der Waals surface area contributed by atoms with Crippen LogP contribution >= 0.6 is 0 Å². The first-order valence-electron chi connectivity index (χ1n) is 11.2. The summed E-state index contributed by atoms with van der Waals surface area (Å²) in [6, 6.07) is -0.804. The Morgan fingerprint density at radius 2 is 2.00 bits per heavy atom. The van der Waals surface area contributed by atoms with Gasteiger partial charge in [0.25, 0.3) is 0 Å². The lowest BCUT2D eigenvalue weighted by Crippen LogP contribution is -2.57. The van der Waals surface area contributed by atoms with Gasteiger partial charge < -0.3 is 35.1 Å². The number of alkyl carbamates (subject to hydrolysis) is 1. The third-order valence-corrected chi connectivity index (χ3v) is 7.02. The molecule has 3 aliphatic rings. The summed E-state index contributed by atoms with van der Waals surface area (Å²) in [5.74, 6) is -0.864. The topological polar surface area (TPSA) is 136 Å². The van der Waals surface area contributed by atoms with E-state index >= 15 is 0 Å². The zero-order valence-corrected chi connectivity index (χ0v) is 19.5. The van der Waals surface area contributed by atoms with Crippen LogP contribution in [0.3, 0.4) is 0 Å². The van der Waals surface area contributed by atoms with E-state index in [-0.39, 0.29) is 23.5 Å². The molecule has 178 valence electrons. The summed E-state index contributed by atoms with van der Waals surface area (Å²) >= 11 is 0. The van der Waals surface area contributed by atoms with E-state index in [1.54, 1.807) is 34.8 Å². The van der Waals surface area contributed by atoms with Crippen LogP contribution in [0.5, 0.6) is 0 Å². The number of hydrogen-bond acceptors (Lipinski definition) is 7. The maximum Gasteiger partial charge on any atom is 0.408 e. The number of ether oxygens (including phenoxy) is 4. The van der Waals surface area contributed by atoms with E-state index in [0.29, 0.717) is 19.4 Å². The van der Waals surface area contributed by atoms with E-state index in [4.69, 9.17) is 24.7 Å². The molecule has 2 amide bonds. The largest absolute Gasteiger partial charge is 0.443 e. The maximum atomic E-state index is 12.5. The molecule has 0 radical (unpaired) electrons. The molecular formula is C22H38N2O7. The van der Waals surface area contributed by atoms with Crippen LogP contribution in [-0.2, 0) is 23.7 Å². The lowest BCUT2D eigenvalue weighted by Gasteiger charge is -2.42. The second-order valence-corrected chi connectivity index (χ2v) is 10.4. The molecule has 9 nitrogen and oxygen atoms in total. The minimum Gasteiger partial charge on any atom is -0.443 e. The Morgan fingerprint density at radius 3 is 2.48 bits per heavy atom. The molecule has 0 bridgehead atoms. The van der Waals surface area contributed by atoms with Crippen molar-refractivity contribution in [3.05, 3.63) is 0 Å². The fraction of sp³-hybridized carbons (Fsp3) is 0.909. The SMILES string of the molecule is CO[C@@H]1[C@H](OC(=O)N[C@@H](C(N)=O)C(C)C)CCC2(CO2)[C@H]1[C@@]1(C)O[C@@H]1CCC(C)(C)O. The van der Waals surface area contributed by atoms with Crippen molar-refractivity contribution in [1.29, 1.82) is 0 Å². The highest BCUT2D eigenvalue weighted by atomic mass is 16.6. The van der Waals surface area contributed by atoms with Crippen molar-refractivity contribution in [3.8, 4) is 0 Å². The van der Waals surface area contributed by atoms with Crippen LogP contribution in [0, 0.1) is 11.8 Å². The predicted molar refractivity (Wildman–Crippen MR) is 112 cm³/mol. The fourth-order valence-electron chi connectivity index (χ4n) is 5.14. The molecule has 1 saturated carbocycles. The summed E-state index contributed by atoms with van der Waals surface area (Å²) in [5, 5.41) is 12.7. The predicted octanol–water partition coefficient (Wildman–Crippen LogP) is 1.49. The molecule has 2 saturated heterocycles. The van der Waals surface area contributed by atoms with E-state index < -0.39 is 41.5 Å².